The maximum atomic E-state index is 13.7. The molecule has 0 radical (unpaired) electrons. The number of furan rings is 1. The highest BCUT2D eigenvalue weighted by Crippen LogP contribution is 2.41. The SMILES string of the molecule is Cc1cc(CCCC(=O)N2CC3(C2)CN(C(=O)c2ccc(-c4ccc(Cl)cc4)o2)C3)c([N+](=O)[O-])cc1F. The van der Waals surface area contributed by atoms with Gasteiger partial charge in [-0.15, -0.1) is 0 Å². The van der Waals surface area contributed by atoms with Crippen LogP contribution in [0.4, 0.5) is 10.1 Å². The highest BCUT2D eigenvalue weighted by atomic mass is 35.5. The second kappa shape index (κ2) is 9.63. The number of nitrogens with zero attached hydrogens (tertiary/aromatic N) is 3. The number of nitro groups is 1. The second-order valence-corrected chi connectivity index (χ2v) is 10.4. The molecular formula is C27H25ClFN3O5. The summed E-state index contributed by atoms with van der Waals surface area (Å²) in [5, 5.41) is 11.8. The van der Waals surface area contributed by atoms with Crippen LogP contribution in [-0.2, 0) is 11.2 Å². The zero-order valence-electron chi connectivity index (χ0n) is 20.2. The van der Waals surface area contributed by atoms with Gasteiger partial charge in [-0.1, -0.05) is 11.6 Å². The lowest BCUT2D eigenvalue weighted by Gasteiger charge is -2.60. The van der Waals surface area contributed by atoms with E-state index in [9.17, 15) is 24.1 Å². The molecular weight excluding hydrogens is 501 g/mol. The molecule has 8 nitrogen and oxygen atoms in total. The van der Waals surface area contributed by atoms with E-state index in [-0.39, 0.29) is 35.1 Å². The van der Waals surface area contributed by atoms with Gasteiger partial charge in [0.25, 0.3) is 11.6 Å². The third-order valence-electron chi connectivity index (χ3n) is 7.08. The monoisotopic (exact) mass is 525 g/mol. The van der Waals surface area contributed by atoms with Gasteiger partial charge in [0.05, 0.1) is 11.0 Å². The lowest BCUT2D eigenvalue weighted by Crippen LogP contribution is -2.73. The first-order chi connectivity index (χ1) is 17.6. The molecule has 3 heterocycles. The Kier molecular flexibility index (Phi) is 6.49. The number of amides is 2. The predicted octanol–water partition coefficient (Wildman–Crippen LogP) is 5.26. The van der Waals surface area contributed by atoms with Crippen molar-refractivity contribution in [2.75, 3.05) is 26.2 Å². The molecule has 2 aliphatic heterocycles. The molecule has 0 aliphatic carbocycles. The molecule has 3 aromatic rings. The topological polar surface area (TPSA) is 96.9 Å². The van der Waals surface area contributed by atoms with Gasteiger partial charge in [-0.05, 0) is 67.8 Å². The summed E-state index contributed by atoms with van der Waals surface area (Å²) in [5.74, 6) is 0.0655. The van der Waals surface area contributed by atoms with Gasteiger partial charge < -0.3 is 14.2 Å². The number of aryl methyl sites for hydroxylation is 2. The van der Waals surface area contributed by atoms with Crippen LogP contribution in [0, 0.1) is 28.3 Å². The van der Waals surface area contributed by atoms with E-state index in [1.165, 1.54) is 6.07 Å². The van der Waals surface area contributed by atoms with Crippen molar-refractivity contribution in [3.05, 3.63) is 86.4 Å². The van der Waals surface area contributed by atoms with Crippen molar-refractivity contribution in [3.63, 3.8) is 0 Å². The van der Waals surface area contributed by atoms with Crippen LogP contribution in [-0.4, -0.2) is 52.7 Å². The number of benzene rings is 2. The third kappa shape index (κ3) is 4.96. The van der Waals surface area contributed by atoms with Crippen LogP contribution in [0.5, 0.6) is 0 Å². The van der Waals surface area contributed by atoms with E-state index < -0.39 is 10.7 Å². The molecule has 37 heavy (non-hydrogen) atoms. The van der Waals surface area contributed by atoms with Crippen LogP contribution < -0.4 is 0 Å². The molecule has 1 spiro atoms. The van der Waals surface area contributed by atoms with Crippen molar-refractivity contribution in [2.24, 2.45) is 5.41 Å². The number of carbonyl (C=O) groups excluding carboxylic acids is 2. The minimum Gasteiger partial charge on any atom is -0.451 e. The molecule has 2 saturated heterocycles. The Morgan fingerprint density at radius 1 is 1.08 bits per heavy atom. The van der Waals surface area contributed by atoms with E-state index in [0.29, 0.717) is 60.9 Å². The molecule has 0 bridgehead atoms. The van der Waals surface area contributed by atoms with Crippen LogP contribution in [0.25, 0.3) is 11.3 Å². The average Bonchev–Trinajstić information content (AvgIpc) is 3.30. The van der Waals surface area contributed by atoms with Crippen molar-refractivity contribution >= 4 is 29.1 Å². The molecule has 2 fully saturated rings. The summed E-state index contributed by atoms with van der Waals surface area (Å²) < 4.78 is 19.5. The van der Waals surface area contributed by atoms with E-state index in [2.05, 4.69) is 0 Å². The number of nitro benzene ring substituents is 1. The van der Waals surface area contributed by atoms with Gasteiger partial charge >= 0.3 is 0 Å². The number of hydrogen-bond acceptors (Lipinski definition) is 5. The Bertz CT molecular complexity index is 1370. The first-order valence-electron chi connectivity index (χ1n) is 12.0. The first kappa shape index (κ1) is 25.0. The molecule has 0 unspecified atom stereocenters. The van der Waals surface area contributed by atoms with Gasteiger partial charge in [0.15, 0.2) is 5.76 Å². The van der Waals surface area contributed by atoms with Crippen molar-refractivity contribution in [1.29, 1.82) is 0 Å². The van der Waals surface area contributed by atoms with Crippen LogP contribution in [0.2, 0.25) is 5.02 Å². The molecule has 5 rings (SSSR count). The Balaban J connectivity index is 1.08. The smallest absolute Gasteiger partial charge is 0.289 e. The van der Waals surface area contributed by atoms with Crippen LogP contribution in [0.3, 0.4) is 0 Å². The summed E-state index contributed by atoms with van der Waals surface area (Å²) in [6.45, 7) is 3.85. The summed E-state index contributed by atoms with van der Waals surface area (Å²) in [5.41, 5.74) is 1.28. The summed E-state index contributed by atoms with van der Waals surface area (Å²) in [7, 11) is 0. The number of hydrogen-bond donors (Lipinski definition) is 0. The fourth-order valence-electron chi connectivity index (χ4n) is 5.11. The van der Waals surface area contributed by atoms with E-state index in [4.69, 9.17) is 16.0 Å². The van der Waals surface area contributed by atoms with Crippen molar-refractivity contribution in [2.45, 2.75) is 26.2 Å². The lowest BCUT2D eigenvalue weighted by molar-refractivity contribution is -0.385. The van der Waals surface area contributed by atoms with E-state index >= 15 is 0 Å². The molecule has 0 atom stereocenters. The highest BCUT2D eigenvalue weighted by Gasteiger charge is 2.54. The minimum atomic E-state index is -0.612. The predicted molar refractivity (Wildman–Crippen MR) is 135 cm³/mol. The minimum absolute atomic E-state index is 0.0180. The second-order valence-electron chi connectivity index (χ2n) is 9.92. The van der Waals surface area contributed by atoms with E-state index in [0.717, 1.165) is 11.6 Å². The fourth-order valence-corrected chi connectivity index (χ4v) is 5.24. The van der Waals surface area contributed by atoms with Gasteiger partial charge in [0.2, 0.25) is 5.91 Å². The standard InChI is InChI=1S/C27H25ClFN3O5/c1-17-11-19(22(32(35)36)12-21(17)29)3-2-4-25(33)30-13-27(14-30)15-31(16-27)26(34)24-10-9-23(37-24)18-5-7-20(28)8-6-18/h5-12H,2-4,13-16H2,1H3. The number of halogens is 2. The van der Waals surface area contributed by atoms with Crippen LogP contribution >= 0.6 is 11.6 Å². The Hall–Kier alpha value is -3.72. The molecule has 192 valence electrons. The van der Waals surface area contributed by atoms with Gasteiger partial charge in [0.1, 0.15) is 11.6 Å². The molecule has 2 aromatic carbocycles. The van der Waals surface area contributed by atoms with Crippen molar-refractivity contribution in [3.8, 4) is 11.3 Å². The highest BCUT2D eigenvalue weighted by molar-refractivity contribution is 6.30. The van der Waals surface area contributed by atoms with Crippen LogP contribution in [0.1, 0.15) is 34.5 Å². The Labute approximate surface area is 217 Å². The van der Waals surface area contributed by atoms with E-state index in [1.54, 1.807) is 41.0 Å². The number of carbonyl (C=O) groups is 2. The molecule has 1 aromatic heterocycles. The third-order valence-corrected chi connectivity index (χ3v) is 7.34. The summed E-state index contributed by atoms with van der Waals surface area (Å²) in [6, 6.07) is 13.0. The van der Waals surface area contributed by atoms with Crippen molar-refractivity contribution < 1.29 is 23.3 Å². The zero-order chi connectivity index (χ0) is 26.3. The molecule has 2 amide bonds. The molecule has 10 heteroatoms. The van der Waals surface area contributed by atoms with Crippen molar-refractivity contribution in [1.82, 2.24) is 9.80 Å². The largest absolute Gasteiger partial charge is 0.451 e. The maximum absolute atomic E-state index is 13.7. The maximum Gasteiger partial charge on any atom is 0.289 e. The number of likely N-dealkylation sites (tertiary alicyclic amines) is 2. The quantitative estimate of drug-likeness (QED) is 0.309. The average molecular weight is 526 g/mol. The van der Waals surface area contributed by atoms with Gasteiger partial charge in [-0.2, -0.15) is 0 Å². The van der Waals surface area contributed by atoms with E-state index in [1.807, 2.05) is 12.1 Å². The normalized spacial score (nSPS) is 15.9. The zero-order valence-corrected chi connectivity index (χ0v) is 21.0. The lowest BCUT2D eigenvalue weighted by atomic mass is 9.72. The molecule has 0 N–H and O–H groups in total. The fraction of sp³-hybridized carbons (Fsp3) is 0.333. The molecule has 2 aliphatic rings. The summed E-state index contributed by atoms with van der Waals surface area (Å²) >= 11 is 5.93. The van der Waals surface area contributed by atoms with Gasteiger partial charge in [-0.3, -0.25) is 19.7 Å². The van der Waals surface area contributed by atoms with Gasteiger partial charge in [-0.25, -0.2) is 4.39 Å². The Morgan fingerprint density at radius 2 is 1.76 bits per heavy atom. The first-order valence-corrected chi connectivity index (χ1v) is 12.4. The van der Waals surface area contributed by atoms with Gasteiger partial charge in [0, 0.05) is 54.2 Å². The summed E-state index contributed by atoms with van der Waals surface area (Å²) in [4.78, 5) is 39.5. The Morgan fingerprint density at radius 3 is 2.43 bits per heavy atom. The molecule has 0 saturated carbocycles. The summed E-state index contributed by atoms with van der Waals surface area (Å²) in [6.07, 6.45) is 1.02. The van der Waals surface area contributed by atoms with Crippen LogP contribution in [0.15, 0.2) is 52.9 Å². The number of rotatable bonds is 7.